The quantitative estimate of drug-likeness (QED) is 0.424. The van der Waals surface area contributed by atoms with Crippen LogP contribution in [0.15, 0.2) is 36.5 Å². The van der Waals surface area contributed by atoms with Crippen molar-refractivity contribution in [1.82, 2.24) is 9.88 Å². The van der Waals surface area contributed by atoms with E-state index in [1.807, 2.05) is 24.3 Å². The van der Waals surface area contributed by atoms with Crippen LogP contribution in [0.5, 0.6) is 5.75 Å². The van der Waals surface area contributed by atoms with Crippen LogP contribution in [0.25, 0.3) is 0 Å². The zero-order valence-electron chi connectivity index (χ0n) is 20.0. The van der Waals surface area contributed by atoms with Gasteiger partial charge in [-0.05, 0) is 75.2 Å². The number of anilines is 2. The second-order valence-electron chi connectivity index (χ2n) is 10.2. The molecule has 192 valence electrons. The molecule has 3 saturated heterocycles. The minimum atomic E-state index is -4.80. The van der Waals surface area contributed by atoms with Crippen molar-refractivity contribution < 1.29 is 22.7 Å². The van der Waals surface area contributed by atoms with Gasteiger partial charge >= 0.3 is 6.18 Å². The van der Waals surface area contributed by atoms with Gasteiger partial charge in [0.2, 0.25) is 0 Å². The lowest BCUT2D eigenvalue weighted by Gasteiger charge is -2.43. The second kappa shape index (κ2) is 8.39. The van der Waals surface area contributed by atoms with Gasteiger partial charge in [0.1, 0.15) is 23.5 Å². The fraction of sp³-hybridized carbons (Fsp3) is 0.462. The number of hydrogen-bond acceptors (Lipinski definition) is 6. The maximum atomic E-state index is 13.6. The highest BCUT2D eigenvalue weighted by molar-refractivity contribution is 7.81. The number of aromatic nitrogens is 1. The summed E-state index contributed by atoms with van der Waals surface area (Å²) in [6, 6.07) is 10.7. The Balaban J connectivity index is 1.28. The molecule has 1 aromatic heterocycles. The lowest BCUT2D eigenvalue weighted by molar-refractivity contribution is -0.138. The first-order valence-electron chi connectivity index (χ1n) is 12.3. The average Bonchev–Trinajstić information content (AvgIpc) is 3.57. The number of nitriles is 1. The number of fused-ring (bicyclic) bond motifs is 1. The van der Waals surface area contributed by atoms with Crippen molar-refractivity contribution in [2.75, 3.05) is 16.3 Å². The lowest BCUT2D eigenvalue weighted by atomic mass is 9.75. The first-order valence-corrected chi connectivity index (χ1v) is 12.7. The molecule has 11 heteroatoms. The number of ether oxygens (including phenoxy) is 1. The van der Waals surface area contributed by atoms with Crippen LogP contribution in [0.2, 0.25) is 0 Å². The van der Waals surface area contributed by atoms with E-state index in [0.29, 0.717) is 30.6 Å². The number of benzene rings is 1. The van der Waals surface area contributed by atoms with Crippen LogP contribution < -0.4 is 14.5 Å². The van der Waals surface area contributed by atoms with Crippen molar-refractivity contribution in [2.24, 2.45) is 0 Å². The summed E-state index contributed by atoms with van der Waals surface area (Å²) < 4.78 is 46.9. The average molecular weight is 528 g/mol. The zero-order chi connectivity index (χ0) is 26.1. The van der Waals surface area contributed by atoms with Crippen LogP contribution in [0.3, 0.4) is 0 Å². The van der Waals surface area contributed by atoms with E-state index in [0.717, 1.165) is 48.7 Å². The van der Waals surface area contributed by atoms with Gasteiger partial charge in [0.15, 0.2) is 10.8 Å². The van der Waals surface area contributed by atoms with Crippen LogP contribution >= 0.6 is 12.2 Å². The van der Waals surface area contributed by atoms with Gasteiger partial charge in [0, 0.05) is 30.7 Å². The first-order chi connectivity index (χ1) is 17.6. The second-order valence-corrected chi connectivity index (χ2v) is 10.6. The molecule has 4 fully saturated rings. The Morgan fingerprint density at radius 3 is 2.51 bits per heavy atom. The minimum absolute atomic E-state index is 0.0907. The molecule has 2 aromatic rings. The number of alkyl halides is 3. The maximum absolute atomic E-state index is 13.6. The van der Waals surface area contributed by atoms with Crippen molar-refractivity contribution in [1.29, 1.82) is 5.26 Å². The highest BCUT2D eigenvalue weighted by atomic mass is 32.1. The van der Waals surface area contributed by atoms with Crippen LogP contribution in [0.1, 0.15) is 50.3 Å². The Hall–Kier alpha value is -3.23. The van der Waals surface area contributed by atoms with Crippen molar-refractivity contribution in [3.8, 4) is 11.8 Å². The molecule has 1 saturated carbocycles. The number of amides is 1. The van der Waals surface area contributed by atoms with Crippen molar-refractivity contribution in [2.45, 2.75) is 68.9 Å². The van der Waals surface area contributed by atoms with E-state index in [4.69, 9.17) is 22.2 Å². The van der Waals surface area contributed by atoms with Crippen molar-refractivity contribution in [3.63, 3.8) is 0 Å². The normalized spacial score (nSPS) is 28.1. The predicted molar refractivity (Wildman–Crippen MR) is 133 cm³/mol. The number of pyridine rings is 1. The number of carbonyl (C=O) groups excluding carboxylic acids is 1. The Labute approximate surface area is 217 Å². The van der Waals surface area contributed by atoms with Gasteiger partial charge in [-0.2, -0.15) is 18.4 Å². The molecule has 4 aliphatic rings. The molecule has 37 heavy (non-hydrogen) atoms. The van der Waals surface area contributed by atoms with Gasteiger partial charge in [-0.15, -0.1) is 0 Å². The van der Waals surface area contributed by atoms with Crippen molar-refractivity contribution >= 4 is 34.6 Å². The standard InChI is InChI=1S/C26H24F3N5O2S/c1-15-9-20(10-18-14-32(15)18)36-19-5-3-16(4-6-19)34-24(37)33(23(35)25(34)7-2-8-25)17-11-21(26(27,28)29)22(12-30)31-13-17/h3-6,11,13,15,18,20H,2,7-10,14H2,1H3/t15-,18-,20+,32?/m0/s1. The molecular weight excluding hydrogens is 503 g/mol. The summed E-state index contributed by atoms with van der Waals surface area (Å²) in [7, 11) is 0. The maximum Gasteiger partial charge on any atom is 0.419 e. The topological polar surface area (TPSA) is 72.5 Å². The van der Waals surface area contributed by atoms with Crippen LogP contribution in [0.4, 0.5) is 24.5 Å². The molecule has 4 heterocycles. The van der Waals surface area contributed by atoms with Crippen LogP contribution in [-0.4, -0.2) is 51.2 Å². The number of rotatable bonds is 4. The monoisotopic (exact) mass is 527 g/mol. The SMILES string of the molecule is C[C@H]1C[C@@H](Oc2ccc(N3C(=S)N(c4cnc(C#N)c(C(F)(F)F)c4)C(=O)C34CCC4)cc2)C[C@H]2CN21. The number of hydrogen-bond donors (Lipinski definition) is 0. The molecule has 1 spiro atoms. The number of thiocarbonyl (C=S) groups is 1. The summed E-state index contributed by atoms with van der Waals surface area (Å²) in [6.07, 6.45) is 0.305. The Kier molecular flexibility index (Phi) is 5.47. The van der Waals surface area contributed by atoms with E-state index in [1.54, 1.807) is 4.90 Å². The summed E-state index contributed by atoms with van der Waals surface area (Å²) >= 11 is 5.67. The highest BCUT2D eigenvalue weighted by Crippen LogP contribution is 2.48. The third-order valence-electron chi connectivity index (χ3n) is 8.00. The van der Waals surface area contributed by atoms with Gasteiger partial charge in [0.25, 0.3) is 5.91 Å². The van der Waals surface area contributed by atoms with E-state index >= 15 is 0 Å². The van der Waals surface area contributed by atoms with E-state index in [1.165, 1.54) is 6.07 Å². The van der Waals surface area contributed by atoms with Crippen LogP contribution in [-0.2, 0) is 11.0 Å². The van der Waals surface area contributed by atoms with Gasteiger partial charge in [-0.25, -0.2) is 4.98 Å². The summed E-state index contributed by atoms with van der Waals surface area (Å²) in [5.74, 6) is 0.353. The molecule has 4 atom stereocenters. The molecule has 1 aliphatic carbocycles. The number of piperidine rings is 1. The molecule has 1 aromatic carbocycles. The fourth-order valence-electron chi connectivity index (χ4n) is 5.91. The number of nitrogens with zero attached hydrogens (tertiary/aromatic N) is 5. The molecule has 0 radical (unpaired) electrons. The molecule has 3 aliphatic heterocycles. The van der Waals surface area contributed by atoms with Gasteiger partial charge in [-0.3, -0.25) is 14.6 Å². The molecule has 1 amide bonds. The summed E-state index contributed by atoms with van der Waals surface area (Å²) in [4.78, 5) is 22.6. The number of carbonyl (C=O) groups is 1. The fourth-order valence-corrected chi connectivity index (χ4v) is 6.38. The molecule has 0 N–H and O–H groups in total. The van der Waals surface area contributed by atoms with Gasteiger partial charge in [0.05, 0.1) is 17.4 Å². The largest absolute Gasteiger partial charge is 0.490 e. The van der Waals surface area contributed by atoms with Crippen LogP contribution in [0, 0.1) is 11.3 Å². The Bertz CT molecular complexity index is 1320. The molecule has 0 bridgehead atoms. The minimum Gasteiger partial charge on any atom is -0.490 e. The summed E-state index contributed by atoms with van der Waals surface area (Å²) in [5.41, 5.74) is -2.31. The van der Waals surface area contributed by atoms with E-state index in [-0.39, 0.29) is 22.8 Å². The third kappa shape index (κ3) is 3.85. The van der Waals surface area contributed by atoms with Gasteiger partial charge < -0.3 is 9.64 Å². The van der Waals surface area contributed by atoms with E-state index < -0.39 is 23.0 Å². The molecule has 7 nitrogen and oxygen atoms in total. The lowest BCUT2D eigenvalue weighted by Crippen LogP contribution is -2.55. The number of halogens is 3. The van der Waals surface area contributed by atoms with E-state index in [2.05, 4.69) is 16.8 Å². The summed E-state index contributed by atoms with van der Waals surface area (Å²) in [6.45, 7) is 3.35. The predicted octanol–water partition coefficient (Wildman–Crippen LogP) is 4.65. The molecule has 6 rings (SSSR count). The Morgan fingerprint density at radius 1 is 1.19 bits per heavy atom. The summed E-state index contributed by atoms with van der Waals surface area (Å²) in [5, 5.41) is 9.17. The van der Waals surface area contributed by atoms with Gasteiger partial charge in [-0.1, -0.05) is 0 Å². The molecular formula is C26H24F3N5O2S. The zero-order valence-corrected chi connectivity index (χ0v) is 20.8. The Morgan fingerprint density at radius 2 is 1.92 bits per heavy atom. The third-order valence-corrected chi connectivity index (χ3v) is 8.36. The highest BCUT2D eigenvalue weighted by Gasteiger charge is 2.59. The van der Waals surface area contributed by atoms with Crippen molar-refractivity contribution in [3.05, 3.63) is 47.8 Å². The molecule has 1 unspecified atom stereocenters. The first kappa shape index (κ1) is 24.1. The smallest absolute Gasteiger partial charge is 0.419 e. The van der Waals surface area contributed by atoms with E-state index in [9.17, 15) is 18.0 Å².